The average molecular weight is 472 g/mol. The number of piperazine rings is 1. The molecule has 0 spiro atoms. The Morgan fingerprint density at radius 2 is 1.84 bits per heavy atom. The van der Waals surface area contributed by atoms with Gasteiger partial charge in [0.05, 0.1) is 5.56 Å². The lowest BCUT2D eigenvalue weighted by Crippen LogP contribution is -2.44. The maximum absolute atomic E-state index is 13.5. The fraction of sp³-hybridized carbons (Fsp3) is 0.409. The summed E-state index contributed by atoms with van der Waals surface area (Å²) >= 11 is 7.70. The van der Waals surface area contributed by atoms with Gasteiger partial charge in [-0.1, -0.05) is 18.5 Å². The van der Waals surface area contributed by atoms with E-state index in [-0.39, 0.29) is 12.1 Å². The van der Waals surface area contributed by atoms with E-state index in [1.54, 1.807) is 23.9 Å². The average Bonchev–Trinajstić information content (AvgIpc) is 2.73. The summed E-state index contributed by atoms with van der Waals surface area (Å²) in [6.45, 7) is 4.93. The molecule has 1 aliphatic heterocycles. The van der Waals surface area contributed by atoms with Crippen molar-refractivity contribution in [3.05, 3.63) is 58.1 Å². The van der Waals surface area contributed by atoms with Gasteiger partial charge in [0.2, 0.25) is 0 Å². The lowest BCUT2D eigenvalue weighted by Gasteiger charge is -2.34. The minimum absolute atomic E-state index is 0.00419. The molecule has 1 N–H and O–H groups in total. The Bertz CT molecular complexity index is 931. The van der Waals surface area contributed by atoms with Crippen molar-refractivity contribution in [1.82, 2.24) is 10.2 Å². The number of nitrogens with zero attached hydrogens (tertiary/aromatic N) is 2. The Hall–Kier alpha value is -1.90. The number of likely N-dealkylation sites (N-methyl/N-ethyl adjacent to an activating group) is 1. The van der Waals surface area contributed by atoms with Crippen LogP contribution in [0.25, 0.3) is 0 Å². The summed E-state index contributed by atoms with van der Waals surface area (Å²) in [5, 5.41) is 3.29. The summed E-state index contributed by atoms with van der Waals surface area (Å²) in [6, 6.07) is 8.99. The quantitative estimate of drug-likeness (QED) is 0.591. The third-order valence-electron chi connectivity index (χ3n) is 5.14. The number of hydrogen-bond donors (Lipinski definition) is 1. The van der Waals surface area contributed by atoms with Gasteiger partial charge >= 0.3 is 6.18 Å². The Kier molecular flexibility index (Phi) is 7.78. The Balaban J connectivity index is 1.83. The van der Waals surface area contributed by atoms with Crippen LogP contribution in [0.3, 0.4) is 0 Å². The Morgan fingerprint density at radius 3 is 2.48 bits per heavy atom. The topological polar surface area (TPSA) is 35.6 Å². The van der Waals surface area contributed by atoms with Gasteiger partial charge in [-0.15, -0.1) is 11.8 Å². The van der Waals surface area contributed by atoms with Crippen molar-refractivity contribution in [2.75, 3.05) is 43.9 Å². The first-order valence-corrected chi connectivity index (χ1v) is 11.4. The predicted octanol–water partition coefficient (Wildman–Crippen LogP) is 5.15. The smallest absolute Gasteiger partial charge is 0.369 e. The van der Waals surface area contributed by atoms with Crippen LogP contribution in [-0.2, 0) is 12.7 Å². The number of nitrogens with one attached hydrogen (secondary N) is 1. The van der Waals surface area contributed by atoms with Crippen LogP contribution in [0, 0.1) is 0 Å². The van der Waals surface area contributed by atoms with E-state index in [0.29, 0.717) is 23.8 Å². The highest BCUT2D eigenvalue weighted by Crippen LogP contribution is 2.33. The first-order chi connectivity index (χ1) is 14.7. The molecule has 1 fully saturated rings. The van der Waals surface area contributed by atoms with Crippen molar-refractivity contribution in [3.63, 3.8) is 0 Å². The van der Waals surface area contributed by atoms with E-state index in [1.165, 1.54) is 6.07 Å². The number of halogens is 4. The zero-order valence-electron chi connectivity index (χ0n) is 17.4. The second-order valence-corrected chi connectivity index (χ2v) is 9.17. The molecular formula is C22H25ClF3N3OS. The normalized spacial score (nSPS) is 15.2. The maximum atomic E-state index is 13.5. The molecular weight excluding hydrogens is 447 g/mol. The summed E-state index contributed by atoms with van der Waals surface area (Å²) in [5.41, 5.74) is 0.423. The first kappa shape index (κ1) is 23.8. The van der Waals surface area contributed by atoms with Crippen molar-refractivity contribution in [3.8, 4) is 0 Å². The molecule has 1 amide bonds. The standard InChI is InChI=1S/C22H25ClF3N3OS/c1-3-31-20-5-4-18(23)11-16(20)14-27-21(30)15-10-17(22(24,25)26)13-19(12-15)29-8-6-28(2)7-9-29/h4-5,10-13H,3,6-9,14H2,1-2H3,(H,27,30). The molecule has 2 aromatic carbocycles. The molecule has 1 saturated heterocycles. The van der Waals surface area contributed by atoms with E-state index in [0.717, 1.165) is 41.4 Å². The molecule has 0 saturated carbocycles. The Labute approximate surface area is 189 Å². The van der Waals surface area contributed by atoms with Gasteiger partial charge in [0.1, 0.15) is 0 Å². The summed E-state index contributed by atoms with van der Waals surface area (Å²) in [6.07, 6.45) is -4.53. The SMILES string of the molecule is CCSc1ccc(Cl)cc1CNC(=O)c1cc(N2CCN(C)CC2)cc(C(F)(F)F)c1. The highest BCUT2D eigenvalue weighted by Gasteiger charge is 2.32. The Morgan fingerprint density at radius 1 is 1.13 bits per heavy atom. The molecule has 168 valence electrons. The highest BCUT2D eigenvalue weighted by atomic mass is 35.5. The first-order valence-electron chi connectivity index (χ1n) is 10.0. The second kappa shape index (κ2) is 10.1. The number of amides is 1. The molecule has 0 atom stereocenters. The zero-order valence-corrected chi connectivity index (χ0v) is 19.0. The fourth-order valence-electron chi connectivity index (χ4n) is 3.41. The minimum Gasteiger partial charge on any atom is -0.369 e. The third kappa shape index (κ3) is 6.30. The van der Waals surface area contributed by atoms with Gasteiger partial charge in [0.25, 0.3) is 5.91 Å². The number of carbonyl (C=O) groups excluding carboxylic acids is 1. The molecule has 0 aliphatic carbocycles. The summed E-state index contributed by atoms with van der Waals surface area (Å²) in [7, 11) is 1.98. The van der Waals surface area contributed by atoms with Crippen molar-refractivity contribution in [2.24, 2.45) is 0 Å². The van der Waals surface area contributed by atoms with Crippen LogP contribution in [0.1, 0.15) is 28.4 Å². The molecule has 2 aromatic rings. The van der Waals surface area contributed by atoms with Crippen LogP contribution in [0.4, 0.5) is 18.9 Å². The number of alkyl halides is 3. The van der Waals surface area contributed by atoms with Crippen LogP contribution in [0.5, 0.6) is 0 Å². The number of carbonyl (C=O) groups is 1. The molecule has 0 unspecified atom stereocenters. The number of thioether (sulfide) groups is 1. The third-order valence-corrected chi connectivity index (χ3v) is 6.37. The van der Waals surface area contributed by atoms with Crippen LogP contribution >= 0.6 is 23.4 Å². The van der Waals surface area contributed by atoms with Gasteiger partial charge < -0.3 is 15.1 Å². The summed E-state index contributed by atoms with van der Waals surface area (Å²) in [4.78, 5) is 17.8. The molecule has 1 heterocycles. The van der Waals surface area contributed by atoms with Crippen molar-refractivity contribution < 1.29 is 18.0 Å². The van der Waals surface area contributed by atoms with E-state index in [9.17, 15) is 18.0 Å². The summed E-state index contributed by atoms with van der Waals surface area (Å²) < 4.78 is 40.5. The van der Waals surface area contributed by atoms with Gasteiger partial charge in [-0.3, -0.25) is 4.79 Å². The van der Waals surface area contributed by atoms with E-state index < -0.39 is 17.6 Å². The molecule has 0 bridgehead atoms. The molecule has 4 nitrogen and oxygen atoms in total. The van der Waals surface area contributed by atoms with Gasteiger partial charge in [0, 0.05) is 53.9 Å². The summed E-state index contributed by atoms with van der Waals surface area (Å²) in [5.74, 6) is 0.304. The van der Waals surface area contributed by atoms with Crippen LogP contribution < -0.4 is 10.2 Å². The van der Waals surface area contributed by atoms with E-state index in [2.05, 4.69) is 10.2 Å². The van der Waals surface area contributed by atoms with Crippen LogP contribution in [0.15, 0.2) is 41.3 Å². The molecule has 0 radical (unpaired) electrons. The number of rotatable bonds is 6. The van der Waals surface area contributed by atoms with Gasteiger partial charge in [0.15, 0.2) is 0 Å². The van der Waals surface area contributed by atoms with Crippen molar-refractivity contribution in [2.45, 2.75) is 24.5 Å². The van der Waals surface area contributed by atoms with Crippen LogP contribution in [0.2, 0.25) is 5.02 Å². The molecule has 31 heavy (non-hydrogen) atoms. The van der Waals surface area contributed by atoms with E-state index in [1.807, 2.05) is 24.9 Å². The minimum atomic E-state index is -4.53. The van der Waals surface area contributed by atoms with Gasteiger partial charge in [-0.05, 0) is 54.8 Å². The number of hydrogen-bond acceptors (Lipinski definition) is 4. The monoisotopic (exact) mass is 471 g/mol. The fourth-order valence-corrected chi connectivity index (χ4v) is 4.40. The lowest BCUT2D eigenvalue weighted by molar-refractivity contribution is -0.137. The van der Waals surface area contributed by atoms with Gasteiger partial charge in [-0.2, -0.15) is 13.2 Å². The highest BCUT2D eigenvalue weighted by molar-refractivity contribution is 7.99. The molecule has 3 rings (SSSR count). The van der Waals surface area contributed by atoms with Crippen molar-refractivity contribution >= 4 is 35.0 Å². The zero-order chi connectivity index (χ0) is 22.6. The van der Waals surface area contributed by atoms with Crippen LogP contribution in [-0.4, -0.2) is 49.8 Å². The molecule has 9 heteroatoms. The van der Waals surface area contributed by atoms with Gasteiger partial charge in [-0.25, -0.2) is 0 Å². The largest absolute Gasteiger partial charge is 0.416 e. The van der Waals surface area contributed by atoms with Crippen molar-refractivity contribution in [1.29, 1.82) is 0 Å². The van der Waals surface area contributed by atoms with E-state index in [4.69, 9.17) is 11.6 Å². The number of benzene rings is 2. The second-order valence-electron chi connectivity index (χ2n) is 7.42. The molecule has 1 aliphatic rings. The maximum Gasteiger partial charge on any atom is 0.416 e. The van der Waals surface area contributed by atoms with E-state index >= 15 is 0 Å². The predicted molar refractivity (Wildman–Crippen MR) is 120 cm³/mol. The number of anilines is 1. The molecule has 0 aromatic heterocycles. The lowest BCUT2D eigenvalue weighted by atomic mass is 10.1.